The first kappa shape index (κ1) is 14.3. The molecule has 4 heterocycles. The molecule has 1 amide bonds. The molecule has 1 aliphatic rings. The van der Waals surface area contributed by atoms with Crippen molar-refractivity contribution in [3.63, 3.8) is 0 Å². The number of rotatable bonds is 1. The zero-order valence-electron chi connectivity index (χ0n) is 12.5. The maximum absolute atomic E-state index is 12.9. The van der Waals surface area contributed by atoms with E-state index >= 15 is 0 Å². The lowest BCUT2D eigenvalue weighted by molar-refractivity contribution is 0.0669. The Balaban J connectivity index is 1.68. The predicted octanol–water partition coefficient (Wildman–Crippen LogP) is 2.65. The van der Waals surface area contributed by atoms with Gasteiger partial charge in [-0.15, -0.1) is 0 Å². The monoisotopic (exact) mass is 371 g/mol. The molecule has 116 valence electrons. The molecule has 0 fully saturated rings. The van der Waals surface area contributed by atoms with Gasteiger partial charge in [0.1, 0.15) is 0 Å². The standard InChI is InChI=1S/C16H14BrN5O/c1-10-12-3-2-5-18-13(12)4-6-21(10)16(23)14-7-15-19-8-11(17)9-22(15)20-14/h2-3,5,7-10H,4,6H2,1H3. The van der Waals surface area contributed by atoms with E-state index in [1.807, 2.05) is 24.0 Å². The number of aromatic nitrogens is 4. The summed E-state index contributed by atoms with van der Waals surface area (Å²) in [5.41, 5.74) is 3.25. The highest BCUT2D eigenvalue weighted by Crippen LogP contribution is 2.29. The van der Waals surface area contributed by atoms with E-state index < -0.39 is 0 Å². The predicted molar refractivity (Wildman–Crippen MR) is 88.1 cm³/mol. The SMILES string of the molecule is CC1c2cccnc2CCN1C(=O)c1cc2ncc(Br)cn2n1. The molecular formula is C16H14BrN5O. The van der Waals surface area contributed by atoms with Gasteiger partial charge >= 0.3 is 0 Å². The van der Waals surface area contributed by atoms with Crippen molar-refractivity contribution in [3.05, 3.63) is 58.2 Å². The maximum Gasteiger partial charge on any atom is 0.274 e. The van der Waals surface area contributed by atoms with Crippen LogP contribution in [0, 0.1) is 0 Å². The molecule has 0 bridgehead atoms. The van der Waals surface area contributed by atoms with Crippen molar-refractivity contribution in [1.82, 2.24) is 24.5 Å². The number of amides is 1. The molecule has 0 aromatic carbocycles. The Bertz CT molecular complexity index is 906. The second kappa shape index (κ2) is 5.42. The normalized spacial score (nSPS) is 17.3. The molecule has 1 atom stereocenters. The molecule has 7 heteroatoms. The molecule has 0 aliphatic carbocycles. The number of pyridine rings is 1. The van der Waals surface area contributed by atoms with Crippen molar-refractivity contribution in [3.8, 4) is 0 Å². The number of nitrogens with zero attached hydrogens (tertiary/aromatic N) is 5. The van der Waals surface area contributed by atoms with Gasteiger partial charge in [-0.1, -0.05) is 6.07 Å². The smallest absolute Gasteiger partial charge is 0.274 e. The lowest BCUT2D eigenvalue weighted by Gasteiger charge is -2.34. The summed E-state index contributed by atoms with van der Waals surface area (Å²) < 4.78 is 2.43. The molecule has 0 saturated carbocycles. The first-order valence-corrected chi connectivity index (χ1v) is 8.18. The van der Waals surface area contributed by atoms with Crippen molar-refractivity contribution in [1.29, 1.82) is 0 Å². The molecule has 0 spiro atoms. The van der Waals surface area contributed by atoms with Crippen LogP contribution in [0.5, 0.6) is 0 Å². The average molecular weight is 372 g/mol. The Morgan fingerprint density at radius 3 is 3.13 bits per heavy atom. The van der Waals surface area contributed by atoms with E-state index in [1.54, 1.807) is 29.2 Å². The van der Waals surface area contributed by atoms with Crippen LogP contribution in [0.25, 0.3) is 5.65 Å². The number of carbonyl (C=O) groups is 1. The summed E-state index contributed by atoms with van der Waals surface area (Å²) >= 11 is 3.36. The van der Waals surface area contributed by atoms with Crippen molar-refractivity contribution >= 4 is 27.5 Å². The lowest BCUT2D eigenvalue weighted by atomic mass is 9.98. The minimum Gasteiger partial charge on any atom is -0.330 e. The van der Waals surface area contributed by atoms with Gasteiger partial charge in [0.15, 0.2) is 11.3 Å². The summed E-state index contributed by atoms with van der Waals surface area (Å²) in [6.45, 7) is 2.68. The molecule has 4 rings (SSSR count). The van der Waals surface area contributed by atoms with Crippen LogP contribution < -0.4 is 0 Å². The van der Waals surface area contributed by atoms with E-state index in [1.165, 1.54) is 0 Å². The second-order valence-electron chi connectivity index (χ2n) is 5.57. The largest absolute Gasteiger partial charge is 0.330 e. The van der Waals surface area contributed by atoms with Crippen LogP contribution in [0.4, 0.5) is 0 Å². The van der Waals surface area contributed by atoms with E-state index in [2.05, 4.69) is 31.0 Å². The van der Waals surface area contributed by atoms with E-state index in [-0.39, 0.29) is 11.9 Å². The summed E-state index contributed by atoms with van der Waals surface area (Å²) in [5, 5.41) is 4.36. The van der Waals surface area contributed by atoms with Crippen LogP contribution >= 0.6 is 15.9 Å². The number of carbonyl (C=O) groups excluding carboxylic acids is 1. The number of fused-ring (bicyclic) bond motifs is 2. The lowest BCUT2D eigenvalue weighted by Crippen LogP contribution is -2.39. The van der Waals surface area contributed by atoms with Crippen molar-refractivity contribution in [2.75, 3.05) is 6.54 Å². The van der Waals surface area contributed by atoms with Gasteiger partial charge in [-0.2, -0.15) is 5.10 Å². The van der Waals surface area contributed by atoms with Gasteiger partial charge in [0.2, 0.25) is 0 Å². The third-order valence-corrected chi connectivity index (χ3v) is 4.60. The Morgan fingerprint density at radius 2 is 2.26 bits per heavy atom. The molecule has 23 heavy (non-hydrogen) atoms. The third kappa shape index (κ3) is 2.41. The Morgan fingerprint density at radius 1 is 1.39 bits per heavy atom. The molecule has 1 aliphatic heterocycles. The minimum absolute atomic E-state index is 0.00976. The fourth-order valence-electron chi connectivity index (χ4n) is 3.01. The Kier molecular flexibility index (Phi) is 3.37. The van der Waals surface area contributed by atoms with Crippen LogP contribution in [0.15, 0.2) is 41.3 Å². The fourth-order valence-corrected chi connectivity index (χ4v) is 3.31. The van der Waals surface area contributed by atoms with E-state index in [0.29, 0.717) is 17.9 Å². The highest BCUT2D eigenvalue weighted by molar-refractivity contribution is 9.10. The van der Waals surface area contributed by atoms with Gasteiger partial charge in [-0.3, -0.25) is 9.78 Å². The van der Waals surface area contributed by atoms with Crippen molar-refractivity contribution < 1.29 is 4.79 Å². The Labute approximate surface area is 141 Å². The van der Waals surface area contributed by atoms with Gasteiger partial charge in [0, 0.05) is 43.3 Å². The van der Waals surface area contributed by atoms with Gasteiger partial charge < -0.3 is 4.90 Å². The maximum atomic E-state index is 12.9. The van der Waals surface area contributed by atoms with Crippen LogP contribution in [-0.4, -0.2) is 36.9 Å². The quantitative estimate of drug-likeness (QED) is 0.659. The van der Waals surface area contributed by atoms with Gasteiger partial charge in [-0.05, 0) is 34.5 Å². The minimum atomic E-state index is -0.0753. The van der Waals surface area contributed by atoms with Crippen LogP contribution in [0.2, 0.25) is 0 Å². The van der Waals surface area contributed by atoms with Gasteiger partial charge in [-0.25, -0.2) is 9.50 Å². The summed E-state index contributed by atoms with van der Waals surface area (Å²) in [6.07, 6.45) is 6.05. The number of halogens is 1. The van der Waals surface area contributed by atoms with E-state index in [0.717, 1.165) is 22.2 Å². The average Bonchev–Trinajstić information content (AvgIpc) is 2.98. The summed E-state index contributed by atoms with van der Waals surface area (Å²) in [5.74, 6) is -0.0753. The zero-order chi connectivity index (χ0) is 16.0. The zero-order valence-corrected chi connectivity index (χ0v) is 14.1. The molecule has 0 N–H and O–H groups in total. The molecular weight excluding hydrogens is 358 g/mol. The van der Waals surface area contributed by atoms with Crippen LogP contribution in [-0.2, 0) is 6.42 Å². The first-order valence-electron chi connectivity index (χ1n) is 7.39. The summed E-state index contributed by atoms with van der Waals surface area (Å²) in [7, 11) is 0. The highest BCUT2D eigenvalue weighted by atomic mass is 79.9. The molecule has 3 aromatic heterocycles. The molecule has 6 nitrogen and oxygen atoms in total. The third-order valence-electron chi connectivity index (χ3n) is 4.19. The first-order chi connectivity index (χ1) is 11.1. The van der Waals surface area contributed by atoms with E-state index in [9.17, 15) is 4.79 Å². The topological polar surface area (TPSA) is 63.4 Å². The molecule has 1 unspecified atom stereocenters. The van der Waals surface area contributed by atoms with Gasteiger partial charge in [0.05, 0.1) is 10.5 Å². The molecule has 0 saturated heterocycles. The number of hydrogen-bond acceptors (Lipinski definition) is 4. The number of hydrogen-bond donors (Lipinski definition) is 0. The van der Waals surface area contributed by atoms with E-state index in [4.69, 9.17) is 0 Å². The Hall–Kier alpha value is -2.28. The summed E-state index contributed by atoms with van der Waals surface area (Å²) in [4.78, 5) is 23.4. The highest BCUT2D eigenvalue weighted by Gasteiger charge is 2.30. The molecule has 3 aromatic rings. The van der Waals surface area contributed by atoms with Crippen molar-refractivity contribution in [2.24, 2.45) is 0 Å². The molecule has 0 radical (unpaired) electrons. The fraction of sp³-hybridized carbons (Fsp3) is 0.250. The summed E-state index contributed by atoms with van der Waals surface area (Å²) in [6, 6.07) is 5.66. The van der Waals surface area contributed by atoms with Crippen LogP contribution in [0.1, 0.15) is 34.7 Å². The van der Waals surface area contributed by atoms with Crippen molar-refractivity contribution in [2.45, 2.75) is 19.4 Å². The van der Waals surface area contributed by atoms with Crippen LogP contribution in [0.3, 0.4) is 0 Å². The van der Waals surface area contributed by atoms with Gasteiger partial charge in [0.25, 0.3) is 5.91 Å². The second-order valence-corrected chi connectivity index (χ2v) is 6.48.